The van der Waals surface area contributed by atoms with E-state index in [-0.39, 0.29) is 18.9 Å². The average molecular weight is 348 g/mol. The van der Waals surface area contributed by atoms with Crippen LogP contribution in [0.4, 0.5) is 9.93 Å². The van der Waals surface area contributed by atoms with E-state index in [4.69, 9.17) is 4.74 Å². The third kappa shape index (κ3) is 5.02. The molecule has 128 valence electrons. The number of anilines is 1. The molecule has 0 saturated heterocycles. The van der Waals surface area contributed by atoms with Crippen LogP contribution in [0, 0.1) is 13.8 Å². The molecule has 0 aliphatic heterocycles. The van der Waals surface area contributed by atoms with Gasteiger partial charge in [0, 0.05) is 18.5 Å². The molecule has 0 saturated carbocycles. The molecule has 0 radical (unpaired) electrons. The van der Waals surface area contributed by atoms with Gasteiger partial charge >= 0.3 is 6.09 Å². The van der Waals surface area contributed by atoms with Gasteiger partial charge in [0.05, 0.1) is 6.61 Å². The zero-order chi connectivity index (χ0) is 17.5. The second-order valence-corrected chi connectivity index (χ2v) is 6.15. The zero-order valence-electron chi connectivity index (χ0n) is 13.9. The molecule has 0 aliphatic carbocycles. The molecule has 2 aromatic rings. The molecule has 8 heteroatoms. The van der Waals surface area contributed by atoms with Gasteiger partial charge in [0.25, 0.3) is 0 Å². The smallest absolute Gasteiger partial charge is 0.407 e. The summed E-state index contributed by atoms with van der Waals surface area (Å²) in [5.74, 6) is -0.241. The Morgan fingerprint density at radius 3 is 2.75 bits per heavy atom. The highest BCUT2D eigenvalue weighted by molar-refractivity contribution is 7.18. The summed E-state index contributed by atoms with van der Waals surface area (Å²) in [6, 6.07) is 6.10. The van der Waals surface area contributed by atoms with Crippen molar-refractivity contribution in [1.29, 1.82) is 0 Å². The number of benzene rings is 1. The number of amides is 2. The van der Waals surface area contributed by atoms with Crippen LogP contribution in [0.3, 0.4) is 0 Å². The number of nitrogens with one attached hydrogen (secondary N) is 2. The monoisotopic (exact) mass is 348 g/mol. The molecule has 0 bridgehead atoms. The highest BCUT2D eigenvalue weighted by Gasteiger charge is 2.11. The van der Waals surface area contributed by atoms with Crippen LogP contribution in [0.25, 0.3) is 10.6 Å². The summed E-state index contributed by atoms with van der Waals surface area (Å²) in [5, 5.41) is 14.5. The Morgan fingerprint density at radius 1 is 1.25 bits per heavy atom. The van der Waals surface area contributed by atoms with Gasteiger partial charge in [0.15, 0.2) is 0 Å². The molecule has 1 aromatic heterocycles. The summed E-state index contributed by atoms with van der Waals surface area (Å²) < 4.78 is 4.71. The molecule has 0 spiro atoms. The van der Waals surface area contributed by atoms with Gasteiger partial charge in [0.2, 0.25) is 11.0 Å². The van der Waals surface area contributed by atoms with Crippen molar-refractivity contribution in [3.8, 4) is 10.6 Å². The number of hydrogen-bond donors (Lipinski definition) is 2. The predicted molar refractivity (Wildman–Crippen MR) is 93.1 cm³/mol. The lowest BCUT2D eigenvalue weighted by Crippen LogP contribution is -2.28. The Bertz CT molecular complexity index is 730. The standard InChI is InChI=1S/C16H20N4O3S/c1-4-23-16(22)17-8-7-13(21)18-15-20-19-14(24-15)12-6-5-10(2)9-11(12)3/h5-6,9H,4,7-8H2,1-3H3,(H,17,22)(H,18,20,21). The minimum atomic E-state index is -0.529. The number of ether oxygens (including phenoxy) is 1. The van der Waals surface area contributed by atoms with Crippen molar-refractivity contribution in [1.82, 2.24) is 15.5 Å². The van der Waals surface area contributed by atoms with Crippen LogP contribution >= 0.6 is 11.3 Å². The topological polar surface area (TPSA) is 93.2 Å². The maximum atomic E-state index is 11.8. The van der Waals surface area contributed by atoms with Gasteiger partial charge in [-0.25, -0.2) is 4.79 Å². The number of rotatable bonds is 6. The summed E-state index contributed by atoms with van der Waals surface area (Å²) in [4.78, 5) is 23.0. The van der Waals surface area contributed by atoms with Crippen molar-refractivity contribution in [2.24, 2.45) is 0 Å². The predicted octanol–water partition coefficient (Wildman–Crippen LogP) is 2.90. The lowest BCUT2D eigenvalue weighted by molar-refractivity contribution is -0.116. The Balaban J connectivity index is 1.89. The molecule has 1 aromatic carbocycles. The number of hydrogen-bond acceptors (Lipinski definition) is 6. The van der Waals surface area contributed by atoms with Crippen molar-refractivity contribution in [2.75, 3.05) is 18.5 Å². The van der Waals surface area contributed by atoms with Crippen LogP contribution < -0.4 is 10.6 Å². The van der Waals surface area contributed by atoms with Gasteiger partial charge in [-0.1, -0.05) is 35.1 Å². The molecule has 7 nitrogen and oxygen atoms in total. The van der Waals surface area contributed by atoms with Gasteiger partial charge < -0.3 is 15.4 Å². The maximum absolute atomic E-state index is 11.8. The van der Waals surface area contributed by atoms with E-state index in [0.717, 1.165) is 16.1 Å². The van der Waals surface area contributed by atoms with Crippen molar-refractivity contribution in [2.45, 2.75) is 27.2 Å². The second kappa shape index (κ2) is 8.39. The van der Waals surface area contributed by atoms with Gasteiger partial charge in [-0.15, -0.1) is 10.2 Å². The van der Waals surface area contributed by atoms with Gasteiger partial charge in [0.1, 0.15) is 5.01 Å². The summed E-state index contributed by atoms with van der Waals surface area (Å²) in [5.41, 5.74) is 3.30. The van der Waals surface area contributed by atoms with Crippen LogP contribution in [0.1, 0.15) is 24.5 Å². The fourth-order valence-electron chi connectivity index (χ4n) is 2.08. The number of aromatic nitrogens is 2. The van der Waals surface area contributed by atoms with Gasteiger partial charge in [-0.2, -0.15) is 0 Å². The summed E-state index contributed by atoms with van der Waals surface area (Å²) in [6.07, 6.45) is -0.393. The minimum Gasteiger partial charge on any atom is -0.450 e. The van der Waals surface area contributed by atoms with Crippen molar-refractivity contribution >= 4 is 28.5 Å². The van der Waals surface area contributed by atoms with E-state index < -0.39 is 6.09 Å². The van der Waals surface area contributed by atoms with E-state index in [2.05, 4.69) is 26.9 Å². The Labute approximate surface area is 144 Å². The zero-order valence-corrected chi connectivity index (χ0v) is 14.7. The molecule has 1 heterocycles. The summed E-state index contributed by atoms with van der Waals surface area (Å²) in [7, 11) is 0. The Hall–Kier alpha value is -2.48. The summed E-state index contributed by atoms with van der Waals surface area (Å²) in [6.45, 7) is 6.27. The van der Waals surface area contributed by atoms with Gasteiger partial charge in [-0.3, -0.25) is 4.79 Å². The van der Waals surface area contributed by atoms with Crippen LogP contribution in [-0.2, 0) is 9.53 Å². The van der Waals surface area contributed by atoms with E-state index in [0.29, 0.717) is 11.7 Å². The van der Waals surface area contributed by atoms with Crippen molar-refractivity contribution in [3.63, 3.8) is 0 Å². The molecule has 2 amide bonds. The van der Waals surface area contributed by atoms with Crippen molar-refractivity contribution < 1.29 is 14.3 Å². The maximum Gasteiger partial charge on any atom is 0.407 e. The molecule has 2 rings (SSSR count). The molecule has 0 atom stereocenters. The number of carbonyl (C=O) groups excluding carboxylic acids is 2. The fourth-order valence-corrected chi connectivity index (χ4v) is 2.93. The van der Waals surface area contributed by atoms with Crippen LogP contribution in [0.15, 0.2) is 18.2 Å². The average Bonchev–Trinajstić information content (AvgIpc) is 2.95. The number of carbonyl (C=O) groups is 2. The van der Waals surface area contributed by atoms with Crippen LogP contribution in [0.5, 0.6) is 0 Å². The highest BCUT2D eigenvalue weighted by atomic mass is 32.1. The first-order valence-corrected chi connectivity index (χ1v) is 8.43. The third-order valence-electron chi connectivity index (χ3n) is 3.18. The van der Waals surface area contributed by atoms with Crippen molar-refractivity contribution in [3.05, 3.63) is 29.3 Å². The minimum absolute atomic E-state index is 0.136. The first-order valence-electron chi connectivity index (χ1n) is 7.61. The van der Waals surface area contributed by atoms with E-state index in [1.165, 1.54) is 16.9 Å². The third-order valence-corrected chi connectivity index (χ3v) is 4.05. The second-order valence-electron chi connectivity index (χ2n) is 5.18. The largest absolute Gasteiger partial charge is 0.450 e. The molecule has 0 unspecified atom stereocenters. The lowest BCUT2D eigenvalue weighted by atomic mass is 10.1. The molecule has 0 aliphatic rings. The molecular formula is C16H20N4O3S. The molecular weight excluding hydrogens is 328 g/mol. The highest BCUT2D eigenvalue weighted by Crippen LogP contribution is 2.29. The molecule has 2 N–H and O–H groups in total. The fraction of sp³-hybridized carbons (Fsp3) is 0.375. The van der Waals surface area contributed by atoms with Crippen LogP contribution in [0.2, 0.25) is 0 Å². The lowest BCUT2D eigenvalue weighted by Gasteiger charge is -2.04. The van der Waals surface area contributed by atoms with E-state index in [1.807, 2.05) is 26.0 Å². The Kier molecular flexibility index (Phi) is 6.25. The van der Waals surface area contributed by atoms with Gasteiger partial charge in [-0.05, 0) is 26.3 Å². The number of nitrogens with zero attached hydrogens (tertiary/aromatic N) is 2. The molecule has 0 fully saturated rings. The molecule has 24 heavy (non-hydrogen) atoms. The van der Waals surface area contributed by atoms with Crippen LogP contribution in [-0.4, -0.2) is 35.3 Å². The number of alkyl carbamates (subject to hydrolysis) is 1. The first-order chi connectivity index (χ1) is 11.5. The summed E-state index contributed by atoms with van der Waals surface area (Å²) >= 11 is 1.32. The quantitative estimate of drug-likeness (QED) is 0.837. The Morgan fingerprint density at radius 2 is 2.04 bits per heavy atom. The first kappa shape index (κ1) is 17.9. The van der Waals surface area contributed by atoms with E-state index in [9.17, 15) is 9.59 Å². The van der Waals surface area contributed by atoms with E-state index >= 15 is 0 Å². The SMILES string of the molecule is CCOC(=O)NCCC(=O)Nc1nnc(-c2ccc(C)cc2C)s1. The number of aryl methyl sites for hydroxylation is 2. The normalized spacial score (nSPS) is 10.3. The van der Waals surface area contributed by atoms with E-state index in [1.54, 1.807) is 6.92 Å².